The Bertz CT molecular complexity index is 469. The molecule has 4 heteroatoms. The van der Waals surface area contributed by atoms with E-state index in [0.717, 1.165) is 26.2 Å². The van der Waals surface area contributed by atoms with Crippen molar-refractivity contribution in [1.29, 1.82) is 0 Å². The molecule has 2 bridgehead atoms. The van der Waals surface area contributed by atoms with E-state index in [9.17, 15) is 4.79 Å². The number of hydrogen-bond acceptors (Lipinski definition) is 2. The number of likely N-dealkylation sites (tertiary alicyclic amines) is 1. The SMILES string of the molecule is O=c1cccc2n1CC1CC2C[NH+](CCO)C1. The Kier molecular flexibility index (Phi) is 2.76. The van der Waals surface area contributed by atoms with Crippen molar-refractivity contribution in [1.82, 2.24) is 4.57 Å². The Morgan fingerprint density at radius 1 is 1.41 bits per heavy atom. The fraction of sp³-hybridized carbons (Fsp3) is 0.615. The van der Waals surface area contributed by atoms with Gasteiger partial charge in [0.15, 0.2) is 0 Å². The zero-order valence-electron chi connectivity index (χ0n) is 9.93. The Hall–Kier alpha value is -1.13. The monoisotopic (exact) mass is 235 g/mol. The number of hydrogen-bond donors (Lipinski definition) is 2. The molecule has 1 aromatic heterocycles. The summed E-state index contributed by atoms with van der Waals surface area (Å²) in [5, 5.41) is 9.05. The molecule has 1 aromatic rings. The van der Waals surface area contributed by atoms with Gasteiger partial charge in [-0.15, -0.1) is 0 Å². The number of aromatic nitrogens is 1. The lowest BCUT2D eigenvalue weighted by Gasteiger charge is -2.40. The highest BCUT2D eigenvalue weighted by Gasteiger charge is 2.36. The van der Waals surface area contributed by atoms with Crippen LogP contribution in [0.15, 0.2) is 23.0 Å². The van der Waals surface area contributed by atoms with E-state index in [0.29, 0.717) is 11.8 Å². The number of nitrogens with one attached hydrogen (secondary N) is 1. The second kappa shape index (κ2) is 4.27. The van der Waals surface area contributed by atoms with E-state index in [4.69, 9.17) is 5.11 Å². The standard InChI is InChI=1S/C13H18N2O2/c16-5-4-14-7-10-6-11(9-14)12-2-1-3-13(17)15(12)8-10/h1-3,10-11,16H,4-9H2/p+1. The number of pyridine rings is 1. The third-order valence-electron chi connectivity index (χ3n) is 4.14. The fourth-order valence-electron chi connectivity index (χ4n) is 3.48. The molecule has 3 heterocycles. The summed E-state index contributed by atoms with van der Waals surface area (Å²) in [4.78, 5) is 13.3. The van der Waals surface area contributed by atoms with Crippen LogP contribution in [-0.2, 0) is 6.54 Å². The number of rotatable bonds is 2. The molecular weight excluding hydrogens is 216 g/mol. The second-order valence-corrected chi connectivity index (χ2v) is 5.33. The van der Waals surface area contributed by atoms with E-state index < -0.39 is 0 Å². The molecule has 3 atom stereocenters. The third kappa shape index (κ3) is 1.91. The van der Waals surface area contributed by atoms with Crippen molar-refractivity contribution in [3.05, 3.63) is 34.2 Å². The highest BCUT2D eigenvalue weighted by atomic mass is 16.3. The summed E-state index contributed by atoms with van der Waals surface area (Å²) in [6, 6.07) is 5.61. The Morgan fingerprint density at radius 2 is 2.29 bits per heavy atom. The lowest BCUT2D eigenvalue weighted by Crippen LogP contribution is -3.15. The number of piperidine rings is 1. The van der Waals surface area contributed by atoms with Gasteiger partial charge in [0.25, 0.3) is 5.56 Å². The van der Waals surface area contributed by atoms with Gasteiger partial charge in [-0.05, 0) is 12.5 Å². The Balaban J connectivity index is 1.93. The second-order valence-electron chi connectivity index (χ2n) is 5.33. The van der Waals surface area contributed by atoms with Gasteiger partial charge in [0.1, 0.15) is 6.54 Å². The Labute approximate surface area is 100 Å². The van der Waals surface area contributed by atoms with Crippen molar-refractivity contribution >= 4 is 0 Å². The van der Waals surface area contributed by atoms with Gasteiger partial charge in [-0.25, -0.2) is 0 Å². The summed E-state index contributed by atoms with van der Waals surface area (Å²) < 4.78 is 1.95. The molecule has 0 saturated carbocycles. The van der Waals surface area contributed by atoms with Crippen LogP contribution >= 0.6 is 0 Å². The maximum absolute atomic E-state index is 11.8. The maximum atomic E-state index is 11.8. The molecule has 2 aliphatic rings. The van der Waals surface area contributed by atoms with Crippen molar-refractivity contribution in [2.45, 2.75) is 18.9 Å². The molecule has 0 radical (unpaired) electrons. The largest absolute Gasteiger partial charge is 0.391 e. The minimum Gasteiger partial charge on any atom is -0.391 e. The highest BCUT2D eigenvalue weighted by molar-refractivity contribution is 5.15. The normalized spacial score (nSPS) is 31.0. The van der Waals surface area contributed by atoms with Crippen molar-refractivity contribution in [2.75, 3.05) is 26.2 Å². The average Bonchev–Trinajstić information content (AvgIpc) is 2.31. The molecule has 0 aliphatic carbocycles. The van der Waals surface area contributed by atoms with Crippen LogP contribution in [0.3, 0.4) is 0 Å². The summed E-state index contributed by atoms with van der Waals surface area (Å²) in [7, 11) is 0. The molecule has 1 fully saturated rings. The average molecular weight is 235 g/mol. The van der Waals surface area contributed by atoms with Crippen LogP contribution < -0.4 is 10.5 Å². The summed E-state index contributed by atoms with van der Waals surface area (Å²) in [6.07, 6.45) is 1.21. The smallest absolute Gasteiger partial charge is 0.250 e. The van der Waals surface area contributed by atoms with Crippen LogP contribution in [0.2, 0.25) is 0 Å². The topological polar surface area (TPSA) is 46.7 Å². The fourth-order valence-corrected chi connectivity index (χ4v) is 3.48. The summed E-state index contributed by atoms with van der Waals surface area (Å²) in [6.45, 7) is 4.11. The van der Waals surface area contributed by atoms with Crippen LogP contribution in [0.5, 0.6) is 0 Å². The van der Waals surface area contributed by atoms with Crippen molar-refractivity contribution < 1.29 is 10.0 Å². The molecule has 2 N–H and O–H groups in total. The molecule has 0 amide bonds. The van der Waals surface area contributed by atoms with Crippen LogP contribution in [0.4, 0.5) is 0 Å². The predicted octanol–water partition coefficient (Wildman–Crippen LogP) is -1.16. The van der Waals surface area contributed by atoms with Crippen molar-refractivity contribution in [3.63, 3.8) is 0 Å². The lowest BCUT2D eigenvalue weighted by atomic mass is 9.83. The quantitative estimate of drug-likeness (QED) is 0.679. The number of aliphatic hydroxyl groups is 1. The first kappa shape index (κ1) is 11.0. The van der Waals surface area contributed by atoms with E-state index in [1.54, 1.807) is 6.07 Å². The van der Waals surface area contributed by atoms with E-state index in [1.165, 1.54) is 17.0 Å². The van der Waals surface area contributed by atoms with Gasteiger partial charge in [-0.3, -0.25) is 4.79 Å². The molecule has 92 valence electrons. The zero-order valence-corrected chi connectivity index (χ0v) is 9.93. The van der Waals surface area contributed by atoms with Gasteiger partial charge in [0.05, 0.1) is 19.7 Å². The molecule has 0 aromatic carbocycles. The van der Waals surface area contributed by atoms with Crippen molar-refractivity contribution in [2.24, 2.45) is 5.92 Å². The number of quaternary nitrogens is 1. The van der Waals surface area contributed by atoms with E-state index >= 15 is 0 Å². The van der Waals surface area contributed by atoms with Gasteiger partial charge in [-0.1, -0.05) is 6.07 Å². The zero-order chi connectivity index (χ0) is 11.8. The Morgan fingerprint density at radius 3 is 3.12 bits per heavy atom. The summed E-state index contributed by atoms with van der Waals surface area (Å²) in [5.41, 5.74) is 1.34. The van der Waals surface area contributed by atoms with Crippen LogP contribution in [0.25, 0.3) is 0 Å². The third-order valence-corrected chi connectivity index (χ3v) is 4.14. The first-order valence-electron chi connectivity index (χ1n) is 6.42. The van der Waals surface area contributed by atoms with Crippen LogP contribution in [0, 0.1) is 5.92 Å². The van der Waals surface area contributed by atoms with E-state index in [2.05, 4.69) is 6.07 Å². The van der Waals surface area contributed by atoms with Gasteiger partial charge >= 0.3 is 0 Å². The van der Waals surface area contributed by atoms with Gasteiger partial charge in [0.2, 0.25) is 0 Å². The molecule has 0 spiro atoms. The first-order valence-corrected chi connectivity index (χ1v) is 6.42. The van der Waals surface area contributed by atoms with Gasteiger partial charge in [-0.2, -0.15) is 0 Å². The molecule has 3 rings (SSSR count). The summed E-state index contributed by atoms with van der Waals surface area (Å²) >= 11 is 0. The maximum Gasteiger partial charge on any atom is 0.250 e. The van der Waals surface area contributed by atoms with Crippen molar-refractivity contribution in [3.8, 4) is 0 Å². The molecule has 4 nitrogen and oxygen atoms in total. The summed E-state index contributed by atoms with van der Waals surface area (Å²) in [5.74, 6) is 1.10. The number of nitrogens with zero attached hydrogens (tertiary/aromatic N) is 1. The van der Waals surface area contributed by atoms with E-state index in [1.807, 2.05) is 10.6 Å². The minimum absolute atomic E-state index is 0.141. The van der Waals surface area contributed by atoms with E-state index in [-0.39, 0.29) is 12.2 Å². The van der Waals surface area contributed by atoms with Gasteiger partial charge < -0.3 is 14.6 Å². The highest BCUT2D eigenvalue weighted by Crippen LogP contribution is 2.29. The molecule has 17 heavy (non-hydrogen) atoms. The minimum atomic E-state index is 0.141. The predicted molar refractivity (Wildman–Crippen MR) is 64.2 cm³/mol. The lowest BCUT2D eigenvalue weighted by molar-refractivity contribution is -0.911. The number of fused-ring (bicyclic) bond motifs is 4. The van der Waals surface area contributed by atoms with Crippen LogP contribution in [-0.4, -0.2) is 35.9 Å². The number of aliphatic hydroxyl groups excluding tert-OH is 1. The first-order chi connectivity index (χ1) is 8.28. The molecular formula is C13H19N2O2+. The van der Waals surface area contributed by atoms with Crippen LogP contribution in [0.1, 0.15) is 18.0 Å². The molecule has 3 unspecified atom stereocenters. The molecule has 2 aliphatic heterocycles. The molecule has 1 saturated heterocycles. The van der Waals surface area contributed by atoms with Gasteiger partial charge in [0, 0.05) is 30.1 Å².